The molecule has 1 aliphatic rings. The van der Waals surface area contributed by atoms with Crippen molar-refractivity contribution in [2.45, 2.75) is 26.9 Å². The smallest absolute Gasteiger partial charge is 0.267 e. The number of benzene rings is 1. The maximum Gasteiger partial charge on any atom is 0.267 e. The van der Waals surface area contributed by atoms with Gasteiger partial charge in [-0.05, 0) is 37.1 Å². The maximum absolute atomic E-state index is 12.1. The van der Waals surface area contributed by atoms with Crippen LogP contribution in [0.4, 0.5) is 0 Å². The molecular weight excluding hydrogens is 322 g/mol. The third kappa shape index (κ3) is 2.98. The first-order valence-electron chi connectivity index (χ1n) is 7.91. The van der Waals surface area contributed by atoms with E-state index in [4.69, 9.17) is 9.47 Å². The van der Waals surface area contributed by atoms with Crippen molar-refractivity contribution < 1.29 is 9.47 Å². The third-order valence-electron chi connectivity index (χ3n) is 4.19. The van der Waals surface area contributed by atoms with Gasteiger partial charge in [0.15, 0.2) is 11.5 Å². The van der Waals surface area contributed by atoms with Crippen molar-refractivity contribution in [1.82, 2.24) is 24.5 Å². The van der Waals surface area contributed by atoms with E-state index in [0.29, 0.717) is 12.4 Å². The highest BCUT2D eigenvalue weighted by Crippen LogP contribution is 2.32. The highest BCUT2D eigenvalue weighted by Gasteiger charge is 2.15. The van der Waals surface area contributed by atoms with E-state index in [1.54, 1.807) is 10.7 Å². The van der Waals surface area contributed by atoms with Crippen molar-refractivity contribution >= 4 is 0 Å². The lowest BCUT2D eigenvalue weighted by molar-refractivity contribution is 0.174. The van der Waals surface area contributed by atoms with Crippen LogP contribution in [0.2, 0.25) is 0 Å². The zero-order valence-electron chi connectivity index (χ0n) is 14.0. The second-order valence-electron chi connectivity index (χ2n) is 5.93. The van der Waals surface area contributed by atoms with Gasteiger partial charge in [-0.2, -0.15) is 10.2 Å². The second kappa shape index (κ2) is 6.04. The van der Waals surface area contributed by atoms with Gasteiger partial charge in [0.05, 0.1) is 12.2 Å². The minimum absolute atomic E-state index is 0.152. The van der Waals surface area contributed by atoms with Gasteiger partial charge in [0.2, 0.25) is 6.79 Å². The van der Waals surface area contributed by atoms with Crippen molar-refractivity contribution in [3.63, 3.8) is 0 Å². The largest absolute Gasteiger partial charge is 0.454 e. The van der Waals surface area contributed by atoms with E-state index in [-0.39, 0.29) is 18.9 Å². The summed E-state index contributed by atoms with van der Waals surface area (Å²) in [6.45, 7) is 4.78. The normalized spacial score (nSPS) is 12.6. The van der Waals surface area contributed by atoms with Crippen LogP contribution in [0.3, 0.4) is 0 Å². The van der Waals surface area contributed by atoms with E-state index in [1.807, 2.05) is 32.0 Å². The standard InChI is InChI=1S/C17H17N5O3/c1-11-5-17(23)22(20-12(11)2)8-16-18-9-19-21(16)7-13-3-4-14-15(6-13)25-10-24-14/h3-6,9H,7-8,10H2,1-2H3. The molecule has 0 N–H and O–H groups in total. The lowest BCUT2D eigenvalue weighted by Crippen LogP contribution is -2.26. The molecule has 1 aromatic carbocycles. The van der Waals surface area contributed by atoms with Gasteiger partial charge in [0.25, 0.3) is 5.56 Å². The van der Waals surface area contributed by atoms with Gasteiger partial charge < -0.3 is 9.47 Å². The van der Waals surface area contributed by atoms with E-state index in [2.05, 4.69) is 15.2 Å². The van der Waals surface area contributed by atoms with Crippen LogP contribution in [0.15, 0.2) is 35.4 Å². The van der Waals surface area contributed by atoms with Crippen LogP contribution in [0.5, 0.6) is 11.5 Å². The molecule has 0 saturated heterocycles. The molecule has 4 rings (SSSR count). The Morgan fingerprint density at radius 2 is 1.92 bits per heavy atom. The molecule has 0 atom stereocenters. The minimum atomic E-state index is -0.152. The van der Waals surface area contributed by atoms with Gasteiger partial charge in [0, 0.05) is 6.07 Å². The Kier molecular flexibility index (Phi) is 3.72. The highest BCUT2D eigenvalue weighted by atomic mass is 16.7. The first kappa shape index (κ1) is 15.4. The fraction of sp³-hybridized carbons (Fsp3) is 0.294. The summed E-state index contributed by atoms with van der Waals surface area (Å²) in [7, 11) is 0. The summed E-state index contributed by atoms with van der Waals surface area (Å²) in [6, 6.07) is 7.35. The molecule has 0 aliphatic carbocycles. The molecule has 25 heavy (non-hydrogen) atoms. The SMILES string of the molecule is Cc1cc(=O)n(Cc2ncnn2Cc2ccc3c(c2)OCO3)nc1C. The van der Waals surface area contributed by atoms with Crippen LogP contribution in [0.1, 0.15) is 22.6 Å². The lowest BCUT2D eigenvalue weighted by atomic mass is 10.2. The van der Waals surface area contributed by atoms with Crippen molar-refractivity contribution in [1.29, 1.82) is 0 Å². The molecule has 0 unspecified atom stereocenters. The predicted octanol–water partition coefficient (Wildman–Crippen LogP) is 1.28. The van der Waals surface area contributed by atoms with Crippen LogP contribution in [-0.4, -0.2) is 31.3 Å². The molecule has 128 valence electrons. The summed E-state index contributed by atoms with van der Waals surface area (Å²) in [5.41, 5.74) is 2.56. The zero-order chi connectivity index (χ0) is 17.4. The van der Waals surface area contributed by atoms with Gasteiger partial charge in [-0.1, -0.05) is 6.07 Å². The first-order chi connectivity index (χ1) is 12.1. The fourth-order valence-corrected chi connectivity index (χ4v) is 2.68. The fourth-order valence-electron chi connectivity index (χ4n) is 2.68. The van der Waals surface area contributed by atoms with Crippen molar-refractivity contribution in [2.75, 3.05) is 6.79 Å². The van der Waals surface area contributed by atoms with E-state index in [9.17, 15) is 4.79 Å². The monoisotopic (exact) mass is 339 g/mol. The molecule has 8 heteroatoms. The summed E-state index contributed by atoms with van der Waals surface area (Å²) in [6.07, 6.45) is 1.48. The number of rotatable bonds is 4. The number of aryl methyl sites for hydroxylation is 2. The molecule has 2 aromatic heterocycles. The summed E-state index contributed by atoms with van der Waals surface area (Å²) >= 11 is 0. The number of aromatic nitrogens is 5. The van der Waals surface area contributed by atoms with E-state index >= 15 is 0 Å². The molecule has 1 aliphatic heterocycles. The van der Waals surface area contributed by atoms with Gasteiger partial charge >= 0.3 is 0 Å². The van der Waals surface area contributed by atoms with Gasteiger partial charge in [-0.3, -0.25) is 4.79 Å². The Balaban J connectivity index is 1.59. The Morgan fingerprint density at radius 1 is 1.08 bits per heavy atom. The third-order valence-corrected chi connectivity index (χ3v) is 4.19. The minimum Gasteiger partial charge on any atom is -0.454 e. The lowest BCUT2D eigenvalue weighted by Gasteiger charge is -2.09. The zero-order valence-corrected chi connectivity index (χ0v) is 14.0. The van der Waals surface area contributed by atoms with E-state index in [1.165, 1.54) is 11.0 Å². The Bertz CT molecular complexity index is 992. The van der Waals surface area contributed by atoms with Crippen LogP contribution >= 0.6 is 0 Å². The highest BCUT2D eigenvalue weighted by molar-refractivity contribution is 5.44. The Hall–Kier alpha value is -3.16. The average molecular weight is 339 g/mol. The Morgan fingerprint density at radius 3 is 2.80 bits per heavy atom. The van der Waals surface area contributed by atoms with Gasteiger partial charge in [0.1, 0.15) is 18.7 Å². The van der Waals surface area contributed by atoms with Crippen molar-refractivity contribution in [2.24, 2.45) is 0 Å². The summed E-state index contributed by atoms with van der Waals surface area (Å²) < 4.78 is 13.9. The number of hydrogen-bond acceptors (Lipinski definition) is 6. The van der Waals surface area contributed by atoms with Crippen LogP contribution in [-0.2, 0) is 13.1 Å². The molecule has 0 amide bonds. The number of nitrogens with zero attached hydrogens (tertiary/aromatic N) is 5. The van der Waals surface area contributed by atoms with Crippen LogP contribution in [0, 0.1) is 13.8 Å². The molecule has 3 aromatic rings. The second-order valence-corrected chi connectivity index (χ2v) is 5.93. The topological polar surface area (TPSA) is 84.1 Å². The van der Waals surface area contributed by atoms with Crippen LogP contribution < -0.4 is 15.0 Å². The molecule has 0 bridgehead atoms. The van der Waals surface area contributed by atoms with E-state index < -0.39 is 0 Å². The quantitative estimate of drug-likeness (QED) is 0.712. The van der Waals surface area contributed by atoms with E-state index in [0.717, 1.165) is 28.3 Å². The summed E-state index contributed by atoms with van der Waals surface area (Å²) in [5, 5.41) is 8.59. The summed E-state index contributed by atoms with van der Waals surface area (Å²) in [5.74, 6) is 2.13. The maximum atomic E-state index is 12.1. The first-order valence-corrected chi connectivity index (χ1v) is 7.91. The summed E-state index contributed by atoms with van der Waals surface area (Å²) in [4.78, 5) is 16.4. The molecule has 0 spiro atoms. The molecule has 0 radical (unpaired) electrons. The number of hydrogen-bond donors (Lipinski definition) is 0. The molecule has 0 saturated carbocycles. The van der Waals surface area contributed by atoms with Gasteiger partial charge in [-0.15, -0.1) is 0 Å². The number of ether oxygens (including phenoxy) is 2. The molecular formula is C17H17N5O3. The van der Waals surface area contributed by atoms with Gasteiger partial charge in [-0.25, -0.2) is 14.3 Å². The van der Waals surface area contributed by atoms with Crippen LogP contribution in [0.25, 0.3) is 0 Å². The van der Waals surface area contributed by atoms with Crippen molar-refractivity contribution in [3.05, 3.63) is 63.6 Å². The molecule has 0 fully saturated rings. The Labute approximate surface area is 143 Å². The average Bonchev–Trinajstić information content (AvgIpc) is 3.22. The predicted molar refractivity (Wildman–Crippen MR) is 88.8 cm³/mol. The number of fused-ring (bicyclic) bond motifs is 1. The van der Waals surface area contributed by atoms with Crippen molar-refractivity contribution in [3.8, 4) is 11.5 Å². The molecule has 8 nitrogen and oxygen atoms in total. The molecule has 3 heterocycles.